The predicted molar refractivity (Wildman–Crippen MR) is 91.3 cm³/mol. The van der Waals surface area contributed by atoms with E-state index in [1.807, 2.05) is 11.3 Å². The Hall–Kier alpha value is -1.80. The zero-order valence-corrected chi connectivity index (χ0v) is 14.8. The topological polar surface area (TPSA) is 84.2 Å². The van der Waals surface area contributed by atoms with Crippen LogP contribution in [0.4, 0.5) is 0 Å². The lowest BCUT2D eigenvalue weighted by Gasteiger charge is -2.19. The third kappa shape index (κ3) is 3.08. The molecular weight excluding hydrogens is 338 g/mol. The largest absolute Gasteiger partial charge is 0.346 e. The molecule has 0 radical (unpaired) electrons. The van der Waals surface area contributed by atoms with E-state index in [2.05, 4.69) is 20.4 Å². The molecule has 1 N–H and O–H groups in total. The molecule has 0 spiro atoms. The molecule has 1 atom stereocenters. The van der Waals surface area contributed by atoms with E-state index in [4.69, 9.17) is 9.51 Å². The first-order valence-electron chi connectivity index (χ1n) is 9.12. The van der Waals surface area contributed by atoms with E-state index in [1.165, 1.54) is 28.4 Å². The van der Waals surface area contributed by atoms with E-state index in [1.54, 1.807) is 0 Å². The summed E-state index contributed by atoms with van der Waals surface area (Å²) in [4.78, 5) is 25.0. The molecule has 2 aromatic rings. The minimum absolute atomic E-state index is 0.0914. The lowest BCUT2D eigenvalue weighted by molar-refractivity contribution is 0.0937. The normalized spacial score (nSPS) is 23.1. The number of nitrogens with zero attached hydrogens (tertiary/aromatic N) is 4. The van der Waals surface area contributed by atoms with Crippen molar-refractivity contribution >= 4 is 17.2 Å². The standard InChI is InChI=1S/C17H21N5O2S/c23-16(18-10-6-7-10)15-20-17(24-21-15)12-4-2-8-22(12)9-14-19-11-3-1-5-13(11)25-14/h10,12H,1-9H2,(H,18,23)/t12-/m1/s1. The number of carbonyl (C=O) groups is 1. The van der Waals surface area contributed by atoms with Crippen molar-refractivity contribution in [3.05, 3.63) is 27.3 Å². The molecule has 132 valence electrons. The predicted octanol–water partition coefficient (Wildman–Crippen LogP) is 2.24. The van der Waals surface area contributed by atoms with Crippen molar-refractivity contribution in [3.8, 4) is 0 Å². The van der Waals surface area contributed by atoms with Crippen molar-refractivity contribution in [1.29, 1.82) is 0 Å². The molecule has 3 heterocycles. The van der Waals surface area contributed by atoms with Crippen LogP contribution in [0.5, 0.6) is 0 Å². The Kier molecular flexibility index (Phi) is 3.82. The van der Waals surface area contributed by atoms with Gasteiger partial charge in [0.2, 0.25) is 5.89 Å². The van der Waals surface area contributed by atoms with Crippen LogP contribution >= 0.6 is 11.3 Å². The minimum Gasteiger partial charge on any atom is -0.346 e. The summed E-state index contributed by atoms with van der Waals surface area (Å²) in [5.41, 5.74) is 1.30. The first-order chi connectivity index (χ1) is 12.3. The number of aryl methyl sites for hydroxylation is 2. The van der Waals surface area contributed by atoms with E-state index in [0.29, 0.717) is 11.9 Å². The Morgan fingerprint density at radius 1 is 1.24 bits per heavy atom. The van der Waals surface area contributed by atoms with Crippen LogP contribution in [0.1, 0.15) is 70.2 Å². The maximum atomic E-state index is 12.1. The van der Waals surface area contributed by atoms with Crippen molar-refractivity contribution in [2.75, 3.05) is 6.54 Å². The maximum Gasteiger partial charge on any atom is 0.292 e. The van der Waals surface area contributed by atoms with Crippen molar-refractivity contribution in [2.45, 2.75) is 63.6 Å². The number of thiazole rings is 1. The van der Waals surface area contributed by atoms with Gasteiger partial charge in [-0.05, 0) is 51.5 Å². The average Bonchev–Trinajstić information content (AvgIpc) is 3.05. The number of carbonyl (C=O) groups excluding carboxylic acids is 1. The second-order valence-corrected chi connectivity index (χ2v) is 8.33. The molecule has 1 aliphatic heterocycles. The van der Waals surface area contributed by atoms with Gasteiger partial charge in [0.25, 0.3) is 11.7 Å². The molecule has 8 heteroatoms. The Balaban J connectivity index is 1.29. The Morgan fingerprint density at radius 2 is 2.16 bits per heavy atom. The van der Waals surface area contributed by atoms with Crippen LogP contribution in [0.15, 0.2) is 4.52 Å². The van der Waals surface area contributed by atoms with Gasteiger partial charge in [0, 0.05) is 10.9 Å². The third-order valence-corrected chi connectivity index (χ3v) is 6.33. The van der Waals surface area contributed by atoms with Crippen LogP contribution in [0.25, 0.3) is 0 Å². The highest BCUT2D eigenvalue weighted by Crippen LogP contribution is 2.34. The van der Waals surface area contributed by atoms with Crippen LogP contribution in [0, 0.1) is 0 Å². The fourth-order valence-corrected chi connectivity index (χ4v) is 4.90. The highest BCUT2D eigenvalue weighted by Gasteiger charge is 2.33. The smallest absolute Gasteiger partial charge is 0.292 e. The summed E-state index contributed by atoms with van der Waals surface area (Å²) in [6.45, 7) is 1.83. The van der Waals surface area contributed by atoms with Gasteiger partial charge < -0.3 is 9.84 Å². The number of aromatic nitrogens is 3. The highest BCUT2D eigenvalue weighted by molar-refractivity contribution is 7.11. The second kappa shape index (κ2) is 6.17. The van der Waals surface area contributed by atoms with Crippen molar-refractivity contribution in [1.82, 2.24) is 25.3 Å². The zero-order valence-electron chi connectivity index (χ0n) is 14.0. The molecule has 2 aliphatic carbocycles. The lowest BCUT2D eigenvalue weighted by Crippen LogP contribution is -2.27. The van der Waals surface area contributed by atoms with Gasteiger partial charge in [-0.3, -0.25) is 9.69 Å². The highest BCUT2D eigenvalue weighted by atomic mass is 32.1. The van der Waals surface area contributed by atoms with Crippen LogP contribution in [-0.2, 0) is 19.4 Å². The molecule has 2 aromatic heterocycles. The Bertz CT molecular complexity index is 775. The monoisotopic (exact) mass is 359 g/mol. The van der Waals surface area contributed by atoms with Gasteiger partial charge in [0.1, 0.15) is 5.01 Å². The number of rotatable bonds is 5. The van der Waals surface area contributed by atoms with E-state index < -0.39 is 0 Å². The van der Waals surface area contributed by atoms with Gasteiger partial charge in [-0.2, -0.15) is 4.98 Å². The maximum absolute atomic E-state index is 12.1. The Labute approximate surface area is 149 Å². The van der Waals surface area contributed by atoms with Gasteiger partial charge in [-0.25, -0.2) is 4.98 Å². The van der Waals surface area contributed by atoms with E-state index >= 15 is 0 Å². The summed E-state index contributed by atoms with van der Waals surface area (Å²) in [5.74, 6) is 0.489. The van der Waals surface area contributed by atoms with Gasteiger partial charge in [-0.15, -0.1) is 11.3 Å². The van der Waals surface area contributed by atoms with Crippen LogP contribution in [0.2, 0.25) is 0 Å². The number of likely N-dealkylation sites (tertiary alicyclic amines) is 1. The molecule has 5 rings (SSSR count). The molecular formula is C17H21N5O2S. The summed E-state index contributed by atoms with van der Waals surface area (Å²) in [6, 6.07) is 0.387. The van der Waals surface area contributed by atoms with Crippen LogP contribution in [-0.4, -0.2) is 38.5 Å². The SMILES string of the molecule is O=C(NC1CC1)c1noc([C@H]2CCCN2Cc2nc3c(s2)CCC3)n1. The summed E-state index contributed by atoms with van der Waals surface area (Å²) in [7, 11) is 0. The molecule has 0 bridgehead atoms. The summed E-state index contributed by atoms with van der Waals surface area (Å²) in [5, 5.41) is 7.97. The minimum atomic E-state index is -0.224. The first kappa shape index (κ1) is 15.5. The van der Waals surface area contributed by atoms with E-state index in [0.717, 1.165) is 45.2 Å². The molecule has 0 aromatic carbocycles. The van der Waals surface area contributed by atoms with E-state index in [9.17, 15) is 4.79 Å². The van der Waals surface area contributed by atoms with Crippen LogP contribution in [0.3, 0.4) is 0 Å². The molecule has 1 amide bonds. The Morgan fingerprint density at radius 3 is 3.00 bits per heavy atom. The molecule has 25 heavy (non-hydrogen) atoms. The molecule has 2 fully saturated rings. The van der Waals surface area contributed by atoms with Crippen molar-refractivity contribution in [2.24, 2.45) is 0 Å². The van der Waals surface area contributed by atoms with Crippen LogP contribution < -0.4 is 5.32 Å². The molecule has 3 aliphatic rings. The molecule has 1 saturated carbocycles. The summed E-state index contributed by atoms with van der Waals surface area (Å²) >= 11 is 1.85. The van der Waals surface area contributed by atoms with Gasteiger partial charge >= 0.3 is 0 Å². The van der Waals surface area contributed by atoms with Gasteiger partial charge in [-0.1, -0.05) is 5.16 Å². The van der Waals surface area contributed by atoms with Gasteiger partial charge in [0.05, 0.1) is 18.3 Å². The summed E-state index contributed by atoms with van der Waals surface area (Å²) < 4.78 is 5.42. The van der Waals surface area contributed by atoms with Gasteiger partial charge in [0.15, 0.2) is 0 Å². The lowest BCUT2D eigenvalue weighted by atomic mass is 10.2. The summed E-state index contributed by atoms with van der Waals surface area (Å²) in [6.07, 6.45) is 7.72. The quantitative estimate of drug-likeness (QED) is 0.881. The third-order valence-electron chi connectivity index (χ3n) is 5.18. The molecule has 1 saturated heterocycles. The second-order valence-electron chi connectivity index (χ2n) is 7.16. The number of fused-ring (bicyclic) bond motifs is 1. The molecule has 7 nitrogen and oxygen atoms in total. The number of amides is 1. The van der Waals surface area contributed by atoms with Crippen molar-refractivity contribution < 1.29 is 9.32 Å². The first-order valence-corrected chi connectivity index (χ1v) is 9.94. The number of hydrogen-bond donors (Lipinski definition) is 1. The molecule has 0 unspecified atom stereocenters. The van der Waals surface area contributed by atoms with Crippen molar-refractivity contribution in [3.63, 3.8) is 0 Å². The fraction of sp³-hybridized carbons (Fsp3) is 0.647. The zero-order chi connectivity index (χ0) is 16.8. The van der Waals surface area contributed by atoms with E-state index in [-0.39, 0.29) is 17.8 Å². The average molecular weight is 359 g/mol. The number of hydrogen-bond acceptors (Lipinski definition) is 7. The fourth-order valence-electron chi connectivity index (χ4n) is 3.72. The number of nitrogens with one attached hydrogen (secondary N) is 1.